The predicted molar refractivity (Wildman–Crippen MR) is 28.1 cm³/mol. The molecule has 0 atom stereocenters. The molecule has 0 radical (unpaired) electrons. The molecule has 0 aliphatic carbocycles. The summed E-state index contributed by atoms with van der Waals surface area (Å²) < 4.78 is 0. The molecular weight excluding hydrogens is 75.0 g/mol. The van der Waals surface area contributed by atoms with Gasteiger partial charge in [-0.25, -0.2) is 0 Å². The van der Waals surface area contributed by atoms with Gasteiger partial charge in [0, 0.05) is 0 Å². The van der Waals surface area contributed by atoms with Crippen LogP contribution >= 0.6 is 0 Å². The van der Waals surface area contributed by atoms with Crippen molar-refractivity contribution in [2.75, 3.05) is 0 Å². The Balaban J connectivity index is 2.40. The van der Waals surface area contributed by atoms with Crippen LogP contribution in [-0.2, 0) is 0 Å². The van der Waals surface area contributed by atoms with Crippen molar-refractivity contribution < 1.29 is 0 Å². The quantitative estimate of drug-likeness (QED) is 0.427. The van der Waals surface area contributed by atoms with Gasteiger partial charge >= 0.3 is 40.5 Å². The summed E-state index contributed by atoms with van der Waals surface area (Å²) in [5, 5.41) is 0. The van der Waals surface area contributed by atoms with E-state index in [1.807, 2.05) is 15.9 Å². The molecule has 0 unspecified atom stereocenters. The van der Waals surface area contributed by atoms with E-state index in [9.17, 15) is 0 Å². The van der Waals surface area contributed by atoms with Gasteiger partial charge < -0.3 is 0 Å². The molecule has 0 aromatic carbocycles. The van der Waals surface area contributed by atoms with Gasteiger partial charge in [-0.05, 0) is 0 Å². The number of hydrogen-bond acceptors (Lipinski definition) is 0. The van der Waals surface area contributed by atoms with E-state index < -0.39 is 0 Å². The van der Waals surface area contributed by atoms with E-state index in [0.717, 1.165) is 0 Å². The Kier molecular flexibility index (Phi) is 4.76. The Hall–Kier alpha value is 0.402. The Morgan fingerprint density at radius 2 is 2.40 bits per heavy atom. The topological polar surface area (TPSA) is 0 Å². The van der Waals surface area contributed by atoms with Crippen LogP contribution in [0.1, 0.15) is 19.8 Å². The van der Waals surface area contributed by atoms with Crippen molar-refractivity contribution in [2.45, 2.75) is 19.8 Å². The second-order valence-corrected chi connectivity index (χ2v) is 1.65. The molecule has 5 heavy (non-hydrogen) atoms. The molecule has 0 heterocycles. The zero-order chi connectivity index (χ0) is 4.12. The molecule has 1 heteroatoms. The van der Waals surface area contributed by atoms with E-state index in [1.54, 1.807) is 0 Å². The minimum atomic E-state index is 1.28. The van der Waals surface area contributed by atoms with Gasteiger partial charge in [-0.1, -0.05) is 0 Å². The Labute approximate surface area is 41.2 Å². The third-order valence-corrected chi connectivity index (χ3v) is 0.901. The molecule has 0 spiro atoms. The number of rotatable bonds is 2. The molecule has 0 saturated carbocycles. The van der Waals surface area contributed by atoms with Crippen LogP contribution in [-0.4, -0.2) is 20.7 Å². The molecular formula is C4H9Al. The average molecular weight is 84.1 g/mol. The molecule has 0 amide bonds. The van der Waals surface area contributed by atoms with Crippen molar-refractivity contribution in [3.05, 3.63) is 0 Å². The van der Waals surface area contributed by atoms with Crippen molar-refractivity contribution in [1.82, 2.24) is 0 Å². The van der Waals surface area contributed by atoms with Crippen molar-refractivity contribution in [3.8, 4) is 0 Å². The van der Waals surface area contributed by atoms with Gasteiger partial charge in [0.1, 0.15) is 0 Å². The number of unbranched alkanes of at least 4 members (excludes halogenated alkanes) is 1. The summed E-state index contributed by atoms with van der Waals surface area (Å²) in [5.41, 5.74) is 0. The van der Waals surface area contributed by atoms with E-state index in [4.69, 9.17) is 0 Å². The van der Waals surface area contributed by atoms with Gasteiger partial charge in [0.05, 0.1) is 0 Å². The van der Waals surface area contributed by atoms with Crippen molar-refractivity contribution in [2.24, 2.45) is 0 Å². The maximum absolute atomic E-state index is 2.21. The van der Waals surface area contributed by atoms with Crippen LogP contribution in [0.2, 0.25) is 0 Å². The molecule has 0 N–H and O–H groups in total. The Morgan fingerprint density at radius 3 is 2.40 bits per heavy atom. The van der Waals surface area contributed by atoms with Gasteiger partial charge in [0.2, 0.25) is 0 Å². The fourth-order valence-electron chi connectivity index (χ4n) is 0.204. The summed E-state index contributed by atoms with van der Waals surface area (Å²) in [5.74, 6) is 0. The fraction of sp³-hybridized carbons (Fsp3) is 0.750. The summed E-state index contributed by atoms with van der Waals surface area (Å²) in [4.78, 5) is 2.21. The molecule has 0 aromatic heterocycles. The average Bonchev–Trinajstić information content (AvgIpc) is 1.41. The Morgan fingerprint density at radius 1 is 1.80 bits per heavy atom. The second-order valence-electron chi connectivity index (χ2n) is 1.08. The molecule has 0 aliphatic heterocycles. The minimum absolute atomic E-state index is 1.28. The predicted octanol–water partition coefficient (Wildman–Crippen LogP) is 0.489. The summed E-state index contributed by atoms with van der Waals surface area (Å²) in [6.45, 7) is 2.18. The molecule has 0 bridgehead atoms. The zero-order valence-electron chi connectivity index (χ0n) is 3.70. The molecule has 0 nitrogen and oxygen atoms in total. The zero-order valence-corrected chi connectivity index (χ0v) is 5.11. The summed E-state index contributed by atoms with van der Waals surface area (Å²) >= 11 is 1.92. The van der Waals surface area contributed by atoms with Crippen LogP contribution < -0.4 is 0 Å². The first-order valence-electron chi connectivity index (χ1n) is 2.02. The van der Waals surface area contributed by atoms with Crippen LogP contribution in [0, 0.1) is 0 Å². The molecule has 0 aliphatic rings. The standard InChI is InChI=1S/C4H8.Al.H/c1-3-4-2;;/h1H,3-4H2,2H3;;. The second kappa shape index (κ2) is 4.40. The maximum atomic E-state index is 2.21. The van der Waals surface area contributed by atoms with Gasteiger partial charge in [0.25, 0.3) is 0 Å². The van der Waals surface area contributed by atoms with Crippen LogP contribution in [0.4, 0.5) is 0 Å². The van der Waals surface area contributed by atoms with E-state index in [-0.39, 0.29) is 0 Å². The van der Waals surface area contributed by atoms with E-state index in [2.05, 4.69) is 11.8 Å². The third kappa shape index (κ3) is 4.40. The van der Waals surface area contributed by atoms with Gasteiger partial charge in [0.15, 0.2) is 0 Å². The van der Waals surface area contributed by atoms with E-state index in [1.165, 1.54) is 12.8 Å². The van der Waals surface area contributed by atoms with Gasteiger partial charge in [-0.15, -0.1) is 0 Å². The first kappa shape index (κ1) is 5.40. The third-order valence-electron chi connectivity index (χ3n) is 0.493. The first-order chi connectivity index (χ1) is 2.41. The van der Waals surface area contributed by atoms with Crippen LogP contribution in [0.3, 0.4) is 0 Å². The van der Waals surface area contributed by atoms with Crippen LogP contribution in [0.5, 0.6) is 0 Å². The monoisotopic (exact) mass is 84.1 g/mol. The van der Waals surface area contributed by atoms with Crippen LogP contribution in [0.25, 0.3) is 0 Å². The first-order valence-corrected chi connectivity index (χ1v) is 2.84. The Bertz CT molecular complexity index is 24.8. The molecule has 0 aromatic rings. The fourth-order valence-corrected chi connectivity index (χ4v) is 0.612. The summed E-state index contributed by atoms with van der Waals surface area (Å²) in [7, 11) is 0. The van der Waals surface area contributed by atoms with Crippen molar-refractivity contribution in [1.29, 1.82) is 0 Å². The van der Waals surface area contributed by atoms with Crippen molar-refractivity contribution >= 4 is 20.7 Å². The van der Waals surface area contributed by atoms with Crippen molar-refractivity contribution in [3.63, 3.8) is 0 Å². The van der Waals surface area contributed by atoms with Crippen LogP contribution in [0.15, 0.2) is 0 Å². The molecule has 0 fully saturated rings. The van der Waals surface area contributed by atoms with E-state index in [0.29, 0.717) is 0 Å². The molecule has 0 rings (SSSR count). The van der Waals surface area contributed by atoms with E-state index >= 15 is 0 Å². The van der Waals surface area contributed by atoms with Gasteiger partial charge in [-0.2, -0.15) is 0 Å². The number of hydrogen-bond donors (Lipinski definition) is 0. The normalized spacial score (nSPS) is 7.20. The molecule has 28 valence electrons. The SMILES string of the molecule is CCC[CH]=[AlH]. The molecule has 0 saturated heterocycles. The summed E-state index contributed by atoms with van der Waals surface area (Å²) in [6.07, 6.45) is 2.57. The summed E-state index contributed by atoms with van der Waals surface area (Å²) in [6, 6.07) is 0. The van der Waals surface area contributed by atoms with Gasteiger partial charge in [-0.3, -0.25) is 0 Å².